The van der Waals surface area contributed by atoms with Gasteiger partial charge in [-0.15, -0.1) is 0 Å². The van der Waals surface area contributed by atoms with Gasteiger partial charge in [-0.05, 0) is 59.3 Å². The predicted octanol–water partition coefficient (Wildman–Crippen LogP) is 4.16. The first-order valence-corrected chi connectivity index (χ1v) is 8.38. The van der Waals surface area contributed by atoms with E-state index in [1.807, 2.05) is 13.8 Å². The third-order valence-electron chi connectivity index (χ3n) is 5.50. The second-order valence-electron chi connectivity index (χ2n) is 7.81. The van der Waals surface area contributed by atoms with Crippen LogP contribution in [0.5, 0.6) is 0 Å². The van der Waals surface area contributed by atoms with Crippen LogP contribution in [0.3, 0.4) is 0 Å². The normalized spacial score (nSPS) is 24.3. The average molecular weight is 293 g/mol. The van der Waals surface area contributed by atoms with Crippen LogP contribution in [0.1, 0.15) is 90.8 Å². The Morgan fingerprint density at radius 2 is 1.76 bits per heavy atom. The third-order valence-corrected chi connectivity index (χ3v) is 5.50. The van der Waals surface area contributed by atoms with Crippen molar-refractivity contribution in [3.63, 3.8) is 0 Å². The summed E-state index contributed by atoms with van der Waals surface area (Å²) >= 11 is 0. The molecule has 1 aliphatic rings. The minimum atomic E-state index is -0.393. The highest BCUT2D eigenvalue weighted by Gasteiger charge is 2.40. The average Bonchev–Trinajstić information content (AvgIpc) is 2.89. The van der Waals surface area contributed by atoms with Gasteiger partial charge in [0.2, 0.25) is 5.89 Å². The Labute approximate surface area is 128 Å². The van der Waals surface area contributed by atoms with E-state index in [9.17, 15) is 0 Å². The fourth-order valence-corrected chi connectivity index (χ4v) is 3.05. The highest BCUT2D eigenvalue weighted by Crippen LogP contribution is 2.38. The number of hydrogen-bond acceptors (Lipinski definition) is 4. The van der Waals surface area contributed by atoms with E-state index in [4.69, 9.17) is 10.3 Å². The first kappa shape index (κ1) is 16.5. The fourth-order valence-electron chi connectivity index (χ4n) is 3.05. The molecular weight excluding hydrogens is 262 g/mol. The molecule has 0 saturated heterocycles. The van der Waals surface area contributed by atoms with Gasteiger partial charge in [0, 0.05) is 11.5 Å². The van der Waals surface area contributed by atoms with Crippen LogP contribution in [0.15, 0.2) is 4.52 Å². The number of nitrogens with zero attached hydrogens (tertiary/aromatic N) is 2. The van der Waals surface area contributed by atoms with Crippen molar-refractivity contribution in [2.75, 3.05) is 0 Å². The molecule has 1 aromatic heterocycles. The van der Waals surface area contributed by atoms with Crippen molar-refractivity contribution < 1.29 is 4.52 Å². The number of aromatic nitrogens is 2. The Hall–Kier alpha value is -0.900. The number of nitrogens with two attached hydrogens (primary N) is 1. The molecule has 0 aromatic carbocycles. The molecule has 1 aliphatic carbocycles. The largest absolute Gasteiger partial charge is 0.339 e. The molecule has 0 amide bonds. The Balaban J connectivity index is 2.05. The van der Waals surface area contributed by atoms with Crippen LogP contribution in [0.2, 0.25) is 0 Å². The van der Waals surface area contributed by atoms with E-state index < -0.39 is 5.54 Å². The van der Waals surface area contributed by atoms with Gasteiger partial charge < -0.3 is 10.3 Å². The minimum Gasteiger partial charge on any atom is -0.339 e. The summed E-state index contributed by atoms with van der Waals surface area (Å²) in [5.41, 5.74) is 5.54. The van der Waals surface area contributed by atoms with Gasteiger partial charge in [0.15, 0.2) is 5.82 Å². The zero-order chi connectivity index (χ0) is 15.7. The molecule has 0 aliphatic heterocycles. The second kappa shape index (κ2) is 6.07. The summed E-state index contributed by atoms with van der Waals surface area (Å²) in [4.78, 5) is 4.69. The maximum absolute atomic E-state index is 6.26. The smallest absolute Gasteiger partial charge is 0.234 e. The van der Waals surface area contributed by atoms with Gasteiger partial charge in [-0.25, -0.2) is 0 Å². The Morgan fingerprint density at radius 3 is 2.29 bits per heavy atom. The monoisotopic (exact) mass is 293 g/mol. The summed E-state index contributed by atoms with van der Waals surface area (Å²) in [5.74, 6) is 2.92. The summed E-state index contributed by atoms with van der Waals surface area (Å²) in [6, 6.07) is 0. The third kappa shape index (κ3) is 3.47. The van der Waals surface area contributed by atoms with E-state index in [2.05, 4.69) is 30.9 Å². The summed E-state index contributed by atoms with van der Waals surface area (Å²) in [7, 11) is 0. The summed E-state index contributed by atoms with van der Waals surface area (Å²) in [5, 5.41) is 4.25. The second-order valence-corrected chi connectivity index (χ2v) is 7.81. The maximum Gasteiger partial charge on any atom is 0.234 e. The van der Waals surface area contributed by atoms with Crippen molar-refractivity contribution in [3.05, 3.63) is 11.7 Å². The van der Waals surface area contributed by atoms with Gasteiger partial charge in [-0.1, -0.05) is 24.9 Å². The zero-order valence-corrected chi connectivity index (χ0v) is 14.3. The SMILES string of the molecule is CCCC1CCC(c2noc(C(C)(C)C(C)(C)N)n2)CC1. The lowest BCUT2D eigenvalue weighted by Crippen LogP contribution is -2.50. The minimum absolute atomic E-state index is 0.322. The van der Waals surface area contributed by atoms with E-state index in [0.29, 0.717) is 11.8 Å². The van der Waals surface area contributed by atoms with Gasteiger partial charge in [0.25, 0.3) is 0 Å². The van der Waals surface area contributed by atoms with Crippen LogP contribution in [-0.4, -0.2) is 15.7 Å². The first-order chi connectivity index (χ1) is 9.75. The molecule has 0 atom stereocenters. The molecule has 2 rings (SSSR count). The standard InChI is InChI=1S/C17H31N3O/c1-6-7-12-8-10-13(11-9-12)14-19-15(21-20-14)16(2,3)17(4,5)18/h12-13H,6-11,18H2,1-5H3. The molecule has 1 saturated carbocycles. The van der Waals surface area contributed by atoms with Crippen LogP contribution in [0.25, 0.3) is 0 Å². The van der Waals surface area contributed by atoms with Gasteiger partial charge >= 0.3 is 0 Å². The highest BCUT2D eigenvalue weighted by molar-refractivity contribution is 5.12. The van der Waals surface area contributed by atoms with Crippen molar-refractivity contribution in [1.82, 2.24) is 10.1 Å². The van der Waals surface area contributed by atoms with E-state index >= 15 is 0 Å². The van der Waals surface area contributed by atoms with Gasteiger partial charge in [0.1, 0.15) is 0 Å². The molecule has 4 heteroatoms. The van der Waals surface area contributed by atoms with Crippen molar-refractivity contribution in [3.8, 4) is 0 Å². The topological polar surface area (TPSA) is 64.9 Å². The van der Waals surface area contributed by atoms with Gasteiger partial charge in [0.05, 0.1) is 5.41 Å². The molecule has 2 N–H and O–H groups in total. The summed E-state index contributed by atoms with van der Waals surface area (Å²) in [6.07, 6.45) is 7.63. The van der Waals surface area contributed by atoms with Crippen molar-refractivity contribution in [2.45, 2.75) is 90.0 Å². The van der Waals surface area contributed by atoms with Crippen LogP contribution >= 0.6 is 0 Å². The maximum atomic E-state index is 6.26. The molecule has 0 bridgehead atoms. The predicted molar refractivity (Wildman–Crippen MR) is 85.2 cm³/mol. The summed E-state index contributed by atoms with van der Waals surface area (Å²) in [6.45, 7) is 10.4. The Bertz CT molecular complexity index is 451. The van der Waals surface area contributed by atoms with E-state index in [-0.39, 0.29) is 5.41 Å². The highest BCUT2D eigenvalue weighted by atomic mass is 16.5. The quantitative estimate of drug-likeness (QED) is 0.885. The first-order valence-electron chi connectivity index (χ1n) is 8.38. The van der Waals surface area contributed by atoms with Crippen LogP contribution in [-0.2, 0) is 5.41 Å². The molecule has 1 fully saturated rings. The van der Waals surface area contributed by atoms with E-state index in [1.54, 1.807) is 0 Å². The fraction of sp³-hybridized carbons (Fsp3) is 0.882. The summed E-state index contributed by atoms with van der Waals surface area (Å²) < 4.78 is 5.54. The zero-order valence-electron chi connectivity index (χ0n) is 14.3. The number of rotatable bonds is 5. The molecule has 0 radical (unpaired) electrons. The number of hydrogen-bond donors (Lipinski definition) is 1. The van der Waals surface area contributed by atoms with Crippen LogP contribution < -0.4 is 5.73 Å². The Morgan fingerprint density at radius 1 is 1.14 bits per heavy atom. The van der Waals surface area contributed by atoms with Crippen molar-refractivity contribution >= 4 is 0 Å². The molecule has 0 unspecified atom stereocenters. The lowest BCUT2D eigenvalue weighted by atomic mass is 9.75. The van der Waals surface area contributed by atoms with E-state index in [0.717, 1.165) is 11.7 Å². The van der Waals surface area contributed by atoms with Crippen molar-refractivity contribution in [2.24, 2.45) is 11.7 Å². The lowest BCUT2D eigenvalue weighted by Gasteiger charge is -2.34. The van der Waals surface area contributed by atoms with E-state index in [1.165, 1.54) is 38.5 Å². The van der Waals surface area contributed by atoms with Gasteiger partial charge in [-0.2, -0.15) is 4.98 Å². The molecule has 0 spiro atoms. The van der Waals surface area contributed by atoms with Crippen molar-refractivity contribution in [1.29, 1.82) is 0 Å². The molecule has 1 heterocycles. The molecule has 21 heavy (non-hydrogen) atoms. The molecule has 120 valence electrons. The van der Waals surface area contributed by atoms with Crippen LogP contribution in [0.4, 0.5) is 0 Å². The van der Waals surface area contributed by atoms with Crippen LogP contribution in [0, 0.1) is 5.92 Å². The Kier molecular flexibility index (Phi) is 4.76. The molecule has 1 aromatic rings. The molecular formula is C17H31N3O. The molecule has 4 nitrogen and oxygen atoms in total. The van der Waals surface area contributed by atoms with Gasteiger partial charge in [-0.3, -0.25) is 0 Å². The lowest BCUT2D eigenvalue weighted by molar-refractivity contribution is 0.222.